The number of hydrogen-bond donors (Lipinski definition) is 1. The van der Waals surface area contributed by atoms with Crippen LogP contribution in [0.3, 0.4) is 0 Å². The van der Waals surface area contributed by atoms with E-state index in [1.807, 2.05) is 0 Å². The fourth-order valence-corrected chi connectivity index (χ4v) is 2.88. The molecule has 0 spiro atoms. The average Bonchev–Trinajstić information content (AvgIpc) is 3.28. The highest BCUT2D eigenvalue weighted by Crippen LogP contribution is 2.41. The Balaban J connectivity index is 1.87. The fourth-order valence-electron chi connectivity index (χ4n) is 2.88. The van der Waals surface area contributed by atoms with E-state index in [0.717, 1.165) is 11.8 Å². The third-order valence-electron chi connectivity index (χ3n) is 4.42. The van der Waals surface area contributed by atoms with Gasteiger partial charge >= 0.3 is 0 Å². The minimum Gasteiger partial charge on any atom is -0.309 e. The van der Waals surface area contributed by atoms with Crippen molar-refractivity contribution >= 4 is 0 Å². The quantitative estimate of drug-likeness (QED) is 0.662. The molecule has 0 bridgehead atoms. The summed E-state index contributed by atoms with van der Waals surface area (Å²) in [6.07, 6.45) is 8.18. The smallest absolute Gasteiger partial charge is 0.0348 e. The molecule has 1 aromatic rings. The van der Waals surface area contributed by atoms with Crippen molar-refractivity contribution in [3.05, 3.63) is 35.9 Å². The van der Waals surface area contributed by atoms with Crippen molar-refractivity contribution in [1.29, 1.82) is 0 Å². The lowest BCUT2D eigenvalue weighted by atomic mass is 9.97. The predicted molar refractivity (Wildman–Crippen MR) is 83.2 cm³/mol. The molecule has 1 heteroatoms. The number of hydrogen-bond acceptors (Lipinski definition) is 1. The Labute approximate surface area is 118 Å². The second-order valence-electron chi connectivity index (χ2n) is 6.05. The molecule has 2 rings (SSSR count). The van der Waals surface area contributed by atoms with Crippen molar-refractivity contribution in [3.8, 4) is 0 Å². The van der Waals surface area contributed by atoms with Crippen molar-refractivity contribution < 1.29 is 0 Å². The Hall–Kier alpha value is -0.820. The van der Waals surface area contributed by atoms with Crippen LogP contribution in [0.15, 0.2) is 30.3 Å². The van der Waals surface area contributed by atoms with Gasteiger partial charge in [0, 0.05) is 6.04 Å². The van der Waals surface area contributed by atoms with E-state index in [9.17, 15) is 0 Å². The second kappa shape index (κ2) is 7.69. The van der Waals surface area contributed by atoms with E-state index in [-0.39, 0.29) is 0 Å². The van der Waals surface area contributed by atoms with Gasteiger partial charge in [0.25, 0.3) is 0 Å². The molecule has 0 saturated heterocycles. The normalized spacial score (nSPS) is 18.2. The van der Waals surface area contributed by atoms with Crippen LogP contribution >= 0.6 is 0 Å². The molecule has 1 nitrogen and oxygen atoms in total. The van der Waals surface area contributed by atoms with E-state index < -0.39 is 0 Å². The van der Waals surface area contributed by atoms with Crippen LogP contribution in [0.2, 0.25) is 0 Å². The van der Waals surface area contributed by atoms with Crippen LogP contribution in [0.5, 0.6) is 0 Å². The lowest BCUT2D eigenvalue weighted by molar-refractivity contribution is 0.374. The lowest BCUT2D eigenvalue weighted by Crippen LogP contribution is -2.28. The zero-order chi connectivity index (χ0) is 13.5. The molecule has 0 aromatic heterocycles. The predicted octanol–water partition coefficient (Wildman–Crippen LogP) is 4.94. The molecule has 2 atom stereocenters. The summed E-state index contributed by atoms with van der Waals surface area (Å²) in [6.45, 7) is 5.81. The second-order valence-corrected chi connectivity index (χ2v) is 6.05. The Bertz CT molecular complexity index is 342. The van der Waals surface area contributed by atoms with Gasteiger partial charge in [0.05, 0.1) is 0 Å². The molecule has 0 amide bonds. The standard InChI is InChI=1S/C18H29N/c1-3-5-9-15(4-2)14-19-18(17-12-13-17)16-10-7-6-8-11-16/h6-8,10-11,15,17-19H,3-5,9,12-14H2,1-2H3. The monoisotopic (exact) mass is 259 g/mol. The SMILES string of the molecule is CCCCC(CC)CNC(c1ccccc1)C1CC1. The summed E-state index contributed by atoms with van der Waals surface area (Å²) in [5, 5.41) is 3.86. The Morgan fingerprint density at radius 1 is 1.16 bits per heavy atom. The largest absolute Gasteiger partial charge is 0.309 e. The van der Waals surface area contributed by atoms with E-state index in [1.165, 1.54) is 50.6 Å². The highest BCUT2D eigenvalue weighted by molar-refractivity contribution is 5.21. The van der Waals surface area contributed by atoms with Crippen molar-refractivity contribution in [1.82, 2.24) is 5.32 Å². The van der Waals surface area contributed by atoms with Gasteiger partial charge in [-0.15, -0.1) is 0 Å². The van der Waals surface area contributed by atoms with Crippen LogP contribution < -0.4 is 5.32 Å². The average molecular weight is 259 g/mol. The maximum Gasteiger partial charge on any atom is 0.0348 e. The maximum atomic E-state index is 3.86. The fraction of sp³-hybridized carbons (Fsp3) is 0.667. The molecule has 0 aliphatic heterocycles. The number of rotatable bonds is 9. The van der Waals surface area contributed by atoms with Gasteiger partial charge in [-0.25, -0.2) is 0 Å². The molecule has 1 fully saturated rings. The first-order valence-corrected chi connectivity index (χ1v) is 8.13. The minimum atomic E-state index is 0.594. The zero-order valence-electron chi connectivity index (χ0n) is 12.6. The Morgan fingerprint density at radius 2 is 1.89 bits per heavy atom. The van der Waals surface area contributed by atoms with Crippen molar-refractivity contribution in [2.45, 2.75) is 58.4 Å². The molecule has 1 aliphatic carbocycles. The van der Waals surface area contributed by atoms with Crippen molar-refractivity contribution in [3.63, 3.8) is 0 Å². The van der Waals surface area contributed by atoms with E-state index >= 15 is 0 Å². The molecular weight excluding hydrogens is 230 g/mol. The third-order valence-corrected chi connectivity index (χ3v) is 4.42. The first kappa shape index (κ1) is 14.6. The van der Waals surface area contributed by atoms with Crippen LogP contribution in [0.4, 0.5) is 0 Å². The Kier molecular flexibility index (Phi) is 5.91. The summed E-state index contributed by atoms with van der Waals surface area (Å²) >= 11 is 0. The molecule has 1 aromatic carbocycles. The first-order valence-electron chi connectivity index (χ1n) is 8.13. The van der Waals surface area contributed by atoms with Crippen LogP contribution in [-0.2, 0) is 0 Å². The highest BCUT2D eigenvalue weighted by atomic mass is 14.9. The van der Waals surface area contributed by atoms with E-state index in [2.05, 4.69) is 49.5 Å². The molecule has 2 unspecified atom stereocenters. The molecular formula is C18H29N. The number of nitrogens with one attached hydrogen (secondary N) is 1. The summed E-state index contributed by atoms with van der Waals surface area (Å²) in [6, 6.07) is 11.6. The molecule has 19 heavy (non-hydrogen) atoms. The van der Waals surface area contributed by atoms with Crippen LogP contribution in [0.25, 0.3) is 0 Å². The number of unbranched alkanes of at least 4 members (excludes halogenated alkanes) is 1. The lowest BCUT2D eigenvalue weighted by Gasteiger charge is -2.23. The van der Waals surface area contributed by atoms with Crippen LogP contribution in [0, 0.1) is 11.8 Å². The highest BCUT2D eigenvalue weighted by Gasteiger charge is 2.32. The minimum absolute atomic E-state index is 0.594. The van der Waals surface area contributed by atoms with Gasteiger partial charge in [-0.05, 0) is 43.2 Å². The van der Waals surface area contributed by atoms with E-state index in [1.54, 1.807) is 0 Å². The summed E-state index contributed by atoms with van der Waals surface area (Å²) in [7, 11) is 0. The summed E-state index contributed by atoms with van der Waals surface area (Å²) in [4.78, 5) is 0. The van der Waals surface area contributed by atoms with Gasteiger partial charge in [0.2, 0.25) is 0 Å². The maximum absolute atomic E-state index is 3.86. The van der Waals surface area contributed by atoms with Gasteiger partial charge in [0.1, 0.15) is 0 Å². The zero-order valence-corrected chi connectivity index (χ0v) is 12.6. The topological polar surface area (TPSA) is 12.0 Å². The number of benzene rings is 1. The molecule has 1 aliphatic rings. The van der Waals surface area contributed by atoms with Gasteiger partial charge < -0.3 is 5.32 Å². The van der Waals surface area contributed by atoms with E-state index in [0.29, 0.717) is 6.04 Å². The Morgan fingerprint density at radius 3 is 2.47 bits per heavy atom. The molecule has 0 radical (unpaired) electrons. The molecule has 1 saturated carbocycles. The van der Waals surface area contributed by atoms with Gasteiger partial charge in [-0.3, -0.25) is 0 Å². The summed E-state index contributed by atoms with van der Waals surface area (Å²) in [5.41, 5.74) is 1.48. The summed E-state index contributed by atoms with van der Waals surface area (Å²) < 4.78 is 0. The molecule has 0 heterocycles. The van der Waals surface area contributed by atoms with Crippen LogP contribution in [-0.4, -0.2) is 6.54 Å². The molecule has 1 N–H and O–H groups in total. The first-order chi connectivity index (χ1) is 9.35. The van der Waals surface area contributed by atoms with E-state index in [4.69, 9.17) is 0 Å². The van der Waals surface area contributed by atoms with Crippen LogP contribution in [0.1, 0.15) is 64.0 Å². The van der Waals surface area contributed by atoms with Gasteiger partial charge in [0.15, 0.2) is 0 Å². The third kappa shape index (κ3) is 4.65. The van der Waals surface area contributed by atoms with Crippen molar-refractivity contribution in [2.75, 3.05) is 6.54 Å². The summed E-state index contributed by atoms with van der Waals surface area (Å²) in [5.74, 6) is 1.73. The molecule has 106 valence electrons. The van der Waals surface area contributed by atoms with Gasteiger partial charge in [-0.2, -0.15) is 0 Å². The van der Waals surface area contributed by atoms with Gasteiger partial charge in [-0.1, -0.05) is 63.4 Å². The van der Waals surface area contributed by atoms with Crippen molar-refractivity contribution in [2.24, 2.45) is 11.8 Å².